The van der Waals surface area contributed by atoms with Gasteiger partial charge in [-0.3, -0.25) is 9.89 Å². The second-order valence-corrected chi connectivity index (χ2v) is 7.78. The molecule has 1 aliphatic rings. The van der Waals surface area contributed by atoms with Gasteiger partial charge in [-0.1, -0.05) is 44.2 Å². The molecule has 5 nitrogen and oxygen atoms in total. The molecule has 5 heteroatoms. The molecular formula is C23H26N4O. The van der Waals surface area contributed by atoms with Crippen LogP contribution in [-0.4, -0.2) is 21.1 Å². The molecule has 4 rings (SSSR count). The number of benzene rings is 2. The maximum Gasteiger partial charge on any atom is 0.228 e. The summed E-state index contributed by atoms with van der Waals surface area (Å²) >= 11 is 0. The lowest BCUT2D eigenvalue weighted by molar-refractivity contribution is -0.115. The van der Waals surface area contributed by atoms with Crippen LogP contribution in [0.4, 0.5) is 5.69 Å². The highest BCUT2D eigenvalue weighted by atomic mass is 16.1. The SMILES string of the molecule is CC(C)c1nc(-c2ccccc2NC(=O)Cc2ccc3c(c2)CCCC3)n[nH]1. The van der Waals surface area contributed by atoms with Crippen LogP contribution in [-0.2, 0) is 24.1 Å². The fourth-order valence-electron chi connectivity index (χ4n) is 3.72. The standard InChI is InChI=1S/C23H26N4O/c1-15(2)22-25-23(27-26-22)19-9-5-6-10-20(19)24-21(28)14-16-11-12-17-7-3-4-8-18(17)13-16/h5-6,9-13,15H,3-4,7-8,14H2,1-2H3,(H,24,28)(H,25,26,27). The van der Waals surface area contributed by atoms with Gasteiger partial charge in [-0.2, -0.15) is 5.10 Å². The first kappa shape index (κ1) is 18.4. The minimum absolute atomic E-state index is 0.0252. The van der Waals surface area contributed by atoms with Crippen molar-refractivity contribution in [1.29, 1.82) is 0 Å². The fourth-order valence-corrected chi connectivity index (χ4v) is 3.72. The van der Waals surface area contributed by atoms with Crippen LogP contribution in [0.3, 0.4) is 0 Å². The molecule has 0 bridgehead atoms. The van der Waals surface area contributed by atoms with E-state index in [1.54, 1.807) is 0 Å². The molecule has 1 amide bonds. The number of fused-ring (bicyclic) bond motifs is 1. The molecule has 28 heavy (non-hydrogen) atoms. The number of hydrogen-bond donors (Lipinski definition) is 2. The van der Waals surface area contributed by atoms with Gasteiger partial charge in [0.1, 0.15) is 5.82 Å². The van der Waals surface area contributed by atoms with Gasteiger partial charge in [-0.05, 0) is 54.5 Å². The predicted molar refractivity (Wildman–Crippen MR) is 111 cm³/mol. The quantitative estimate of drug-likeness (QED) is 0.682. The van der Waals surface area contributed by atoms with E-state index in [9.17, 15) is 4.79 Å². The van der Waals surface area contributed by atoms with E-state index >= 15 is 0 Å². The maximum atomic E-state index is 12.7. The average Bonchev–Trinajstić information content (AvgIpc) is 3.18. The van der Waals surface area contributed by atoms with Gasteiger partial charge in [0.15, 0.2) is 5.82 Å². The van der Waals surface area contributed by atoms with E-state index in [1.807, 2.05) is 24.3 Å². The molecule has 144 valence electrons. The molecule has 0 aliphatic heterocycles. The third-order valence-electron chi connectivity index (χ3n) is 5.27. The molecule has 0 radical (unpaired) electrons. The van der Waals surface area contributed by atoms with Crippen molar-refractivity contribution in [2.24, 2.45) is 0 Å². The molecule has 2 aromatic carbocycles. The van der Waals surface area contributed by atoms with Crippen molar-refractivity contribution in [3.8, 4) is 11.4 Å². The van der Waals surface area contributed by atoms with Crippen molar-refractivity contribution in [3.05, 3.63) is 65.0 Å². The van der Waals surface area contributed by atoms with Crippen molar-refractivity contribution in [3.63, 3.8) is 0 Å². The second-order valence-electron chi connectivity index (χ2n) is 7.78. The highest BCUT2D eigenvalue weighted by Crippen LogP contribution is 2.26. The molecule has 0 saturated heterocycles. The van der Waals surface area contributed by atoms with Gasteiger partial charge in [0.2, 0.25) is 5.91 Å². The Kier molecular flexibility index (Phi) is 5.24. The van der Waals surface area contributed by atoms with Crippen molar-refractivity contribution < 1.29 is 4.79 Å². The summed E-state index contributed by atoms with van der Waals surface area (Å²) in [5, 5.41) is 10.3. The van der Waals surface area contributed by atoms with Crippen LogP contribution in [0.25, 0.3) is 11.4 Å². The number of para-hydroxylation sites is 1. The predicted octanol–water partition coefficient (Wildman–Crippen LogP) is 4.66. The number of carbonyl (C=O) groups excluding carboxylic acids is 1. The molecule has 1 heterocycles. The lowest BCUT2D eigenvalue weighted by atomic mass is 9.90. The van der Waals surface area contributed by atoms with Gasteiger partial charge in [0.05, 0.1) is 12.1 Å². The van der Waals surface area contributed by atoms with Crippen LogP contribution in [0, 0.1) is 0 Å². The number of aromatic nitrogens is 3. The van der Waals surface area contributed by atoms with Gasteiger partial charge < -0.3 is 5.32 Å². The van der Waals surface area contributed by atoms with Gasteiger partial charge in [0.25, 0.3) is 0 Å². The van der Waals surface area contributed by atoms with Crippen LogP contribution in [0.5, 0.6) is 0 Å². The van der Waals surface area contributed by atoms with Crippen molar-refractivity contribution in [1.82, 2.24) is 15.2 Å². The van der Waals surface area contributed by atoms with E-state index in [0.717, 1.165) is 35.5 Å². The molecule has 0 atom stereocenters. The van der Waals surface area contributed by atoms with Crippen LogP contribution in [0.15, 0.2) is 42.5 Å². The van der Waals surface area contributed by atoms with E-state index in [0.29, 0.717) is 12.2 Å². The molecule has 0 unspecified atom stereocenters. The highest BCUT2D eigenvalue weighted by molar-refractivity contribution is 5.95. The molecule has 1 aliphatic carbocycles. The molecule has 1 aromatic heterocycles. The number of amides is 1. The fraction of sp³-hybridized carbons (Fsp3) is 0.348. The molecule has 0 saturated carbocycles. The third-order valence-corrected chi connectivity index (χ3v) is 5.27. The number of H-pyrrole nitrogens is 1. The first-order chi connectivity index (χ1) is 13.6. The number of rotatable bonds is 5. The van der Waals surface area contributed by atoms with Crippen LogP contribution in [0.2, 0.25) is 0 Å². The molecule has 0 fully saturated rings. The largest absolute Gasteiger partial charge is 0.325 e. The summed E-state index contributed by atoms with van der Waals surface area (Å²) in [6.07, 6.45) is 5.15. The van der Waals surface area contributed by atoms with Gasteiger partial charge >= 0.3 is 0 Å². The molecule has 2 N–H and O–H groups in total. The van der Waals surface area contributed by atoms with Crippen LogP contribution < -0.4 is 5.32 Å². The number of nitrogens with zero attached hydrogens (tertiary/aromatic N) is 2. The van der Waals surface area contributed by atoms with Crippen molar-refractivity contribution in [2.75, 3.05) is 5.32 Å². The summed E-state index contributed by atoms with van der Waals surface area (Å²) in [6, 6.07) is 14.1. The number of hydrogen-bond acceptors (Lipinski definition) is 3. The summed E-state index contributed by atoms with van der Waals surface area (Å²) in [6.45, 7) is 4.13. The second kappa shape index (κ2) is 7.97. The smallest absolute Gasteiger partial charge is 0.228 e. The Morgan fingerprint density at radius 1 is 1.11 bits per heavy atom. The first-order valence-electron chi connectivity index (χ1n) is 10.0. The van der Waals surface area contributed by atoms with Crippen LogP contribution >= 0.6 is 0 Å². The topological polar surface area (TPSA) is 70.7 Å². The maximum absolute atomic E-state index is 12.7. The summed E-state index contributed by atoms with van der Waals surface area (Å²) in [5.74, 6) is 1.69. The van der Waals surface area contributed by atoms with Gasteiger partial charge in [0, 0.05) is 11.5 Å². The zero-order valence-electron chi connectivity index (χ0n) is 16.5. The van der Waals surface area contributed by atoms with Crippen molar-refractivity contribution in [2.45, 2.75) is 51.9 Å². The zero-order chi connectivity index (χ0) is 19.5. The minimum atomic E-state index is -0.0252. The lowest BCUT2D eigenvalue weighted by Gasteiger charge is -2.16. The Morgan fingerprint density at radius 2 is 1.89 bits per heavy atom. The normalized spacial score (nSPS) is 13.4. The number of nitrogens with one attached hydrogen (secondary N) is 2. The van der Waals surface area contributed by atoms with E-state index in [1.165, 1.54) is 24.0 Å². The van der Waals surface area contributed by atoms with Crippen LogP contribution in [0.1, 0.15) is 55.1 Å². The van der Waals surface area contributed by atoms with Gasteiger partial charge in [-0.15, -0.1) is 0 Å². The summed E-state index contributed by atoms with van der Waals surface area (Å²) in [7, 11) is 0. The van der Waals surface area contributed by atoms with E-state index in [-0.39, 0.29) is 11.8 Å². The Balaban J connectivity index is 1.50. The summed E-state index contributed by atoms with van der Waals surface area (Å²) < 4.78 is 0. The minimum Gasteiger partial charge on any atom is -0.325 e. The zero-order valence-corrected chi connectivity index (χ0v) is 16.5. The van der Waals surface area contributed by atoms with E-state index < -0.39 is 0 Å². The van der Waals surface area contributed by atoms with E-state index in [4.69, 9.17) is 0 Å². The number of carbonyl (C=O) groups is 1. The van der Waals surface area contributed by atoms with Crippen molar-refractivity contribution >= 4 is 11.6 Å². The molecule has 0 spiro atoms. The first-order valence-corrected chi connectivity index (χ1v) is 10.0. The number of aryl methyl sites for hydroxylation is 2. The number of aromatic amines is 1. The Bertz CT molecular complexity index is 990. The summed E-state index contributed by atoms with van der Waals surface area (Å²) in [5.41, 5.74) is 5.46. The Hall–Kier alpha value is -2.95. The average molecular weight is 374 g/mol. The number of anilines is 1. The third kappa shape index (κ3) is 3.98. The van der Waals surface area contributed by atoms with Gasteiger partial charge in [-0.25, -0.2) is 4.98 Å². The Morgan fingerprint density at radius 3 is 2.68 bits per heavy atom. The molecular weight excluding hydrogens is 348 g/mol. The molecule has 3 aromatic rings. The monoisotopic (exact) mass is 374 g/mol. The Labute approximate surface area is 165 Å². The summed E-state index contributed by atoms with van der Waals surface area (Å²) in [4.78, 5) is 17.2. The lowest BCUT2D eigenvalue weighted by Crippen LogP contribution is -2.15. The van der Waals surface area contributed by atoms with E-state index in [2.05, 4.69) is 52.5 Å². The highest BCUT2D eigenvalue weighted by Gasteiger charge is 2.15.